The van der Waals surface area contributed by atoms with E-state index in [1.807, 2.05) is 12.1 Å². The van der Waals surface area contributed by atoms with Gasteiger partial charge in [0.25, 0.3) is 10.0 Å². The summed E-state index contributed by atoms with van der Waals surface area (Å²) in [5.41, 5.74) is 2.30. The van der Waals surface area contributed by atoms with E-state index < -0.39 is 10.0 Å². The molecule has 0 unspecified atom stereocenters. The van der Waals surface area contributed by atoms with Crippen LogP contribution in [-0.2, 0) is 16.6 Å². The minimum absolute atomic E-state index is 0.418. The number of methoxy groups -OCH3 is 2. The molecule has 6 nitrogen and oxygen atoms in total. The van der Waals surface area contributed by atoms with E-state index in [4.69, 9.17) is 9.47 Å². The second kappa shape index (κ2) is 7.96. The van der Waals surface area contributed by atoms with Crippen molar-refractivity contribution in [3.05, 3.63) is 40.8 Å². The summed E-state index contributed by atoms with van der Waals surface area (Å²) in [6.45, 7) is 5.24. The van der Waals surface area contributed by atoms with Crippen LogP contribution >= 0.6 is 11.3 Å². The Kier molecular flexibility index (Phi) is 5.86. The molecule has 1 aliphatic rings. The largest absolute Gasteiger partial charge is 0.493 e. The van der Waals surface area contributed by atoms with Crippen molar-refractivity contribution in [2.75, 3.05) is 40.4 Å². The van der Waals surface area contributed by atoms with Gasteiger partial charge in [-0.15, -0.1) is 11.3 Å². The van der Waals surface area contributed by atoms with Gasteiger partial charge in [0, 0.05) is 32.7 Å². The maximum absolute atomic E-state index is 12.6. The topological polar surface area (TPSA) is 59.1 Å². The van der Waals surface area contributed by atoms with Crippen molar-refractivity contribution in [3.63, 3.8) is 0 Å². The average molecular weight is 397 g/mol. The number of ether oxygens (including phenoxy) is 2. The Morgan fingerprint density at radius 2 is 1.73 bits per heavy atom. The number of thiophene rings is 1. The fraction of sp³-hybridized carbons (Fsp3) is 0.444. The summed E-state index contributed by atoms with van der Waals surface area (Å²) in [6, 6.07) is 7.42. The Labute approximate surface area is 159 Å². The van der Waals surface area contributed by atoms with Crippen molar-refractivity contribution in [2.45, 2.75) is 17.7 Å². The van der Waals surface area contributed by atoms with Gasteiger partial charge < -0.3 is 9.47 Å². The molecule has 0 spiro atoms. The van der Waals surface area contributed by atoms with E-state index in [0.717, 1.165) is 23.4 Å². The van der Waals surface area contributed by atoms with Gasteiger partial charge in [-0.2, -0.15) is 4.31 Å². The van der Waals surface area contributed by atoms with Crippen molar-refractivity contribution in [2.24, 2.45) is 0 Å². The summed E-state index contributed by atoms with van der Waals surface area (Å²) in [6.07, 6.45) is 0. The van der Waals surface area contributed by atoms with Crippen LogP contribution in [-0.4, -0.2) is 58.0 Å². The Hall–Kier alpha value is -1.61. The van der Waals surface area contributed by atoms with Crippen molar-refractivity contribution in [1.29, 1.82) is 0 Å². The van der Waals surface area contributed by atoms with Gasteiger partial charge in [0.1, 0.15) is 4.21 Å². The van der Waals surface area contributed by atoms with Crippen LogP contribution < -0.4 is 9.47 Å². The van der Waals surface area contributed by atoms with E-state index in [-0.39, 0.29) is 0 Å². The van der Waals surface area contributed by atoms with E-state index in [1.165, 1.54) is 11.3 Å². The van der Waals surface area contributed by atoms with Crippen molar-refractivity contribution >= 4 is 21.4 Å². The number of sulfonamides is 1. The van der Waals surface area contributed by atoms with Gasteiger partial charge in [0.2, 0.25) is 0 Å². The molecule has 1 aliphatic heterocycles. The number of aryl methyl sites for hydroxylation is 1. The summed E-state index contributed by atoms with van der Waals surface area (Å²) in [4.78, 5) is 2.27. The molecule has 2 aromatic rings. The van der Waals surface area contributed by atoms with Gasteiger partial charge in [0.05, 0.1) is 14.2 Å². The first-order valence-electron chi connectivity index (χ1n) is 8.43. The van der Waals surface area contributed by atoms with Crippen LogP contribution in [0, 0.1) is 6.92 Å². The first-order valence-corrected chi connectivity index (χ1v) is 10.7. The molecule has 2 heterocycles. The van der Waals surface area contributed by atoms with E-state index >= 15 is 0 Å². The van der Waals surface area contributed by atoms with Crippen LogP contribution in [0.2, 0.25) is 0 Å². The number of hydrogen-bond donors (Lipinski definition) is 0. The minimum Gasteiger partial charge on any atom is -0.493 e. The van der Waals surface area contributed by atoms with Crippen molar-refractivity contribution in [1.82, 2.24) is 9.21 Å². The standard InChI is InChI=1S/C18H24N2O4S2/c1-14-11-16(23-2)17(24-3)12-15(14)13-19-6-8-20(9-7-19)26(21,22)18-5-4-10-25-18/h4-5,10-12H,6-9,13H2,1-3H3. The second-order valence-corrected chi connectivity index (χ2v) is 9.36. The molecule has 0 N–H and O–H groups in total. The lowest BCUT2D eigenvalue weighted by Gasteiger charge is -2.34. The molecular formula is C18H24N2O4S2. The van der Waals surface area contributed by atoms with E-state index in [1.54, 1.807) is 36.0 Å². The van der Waals surface area contributed by atoms with Gasteiger partial charge in [-0.1, -0.05) is 6.07 Å². The first kappa shape index (κ1) is 19.2. The number of nitrogens with zero attached hydrogens (tertiary/aromatic N) is 2. The van der Waals surface area contributed by atoms with Gasteiger partial charge in [0.15, 0.2) is 11.5 Å². The molecule has 8 heteroatoms. The summed E-state index contributed by atoms with van der Waals surface area (Å²) < 4.78 is 37.9. The van der Waals surface area contributed by atoms with Gasteiger partial charge in [-0.25, -0.2) is 8.42 Å². The lowest BCUT2D eigenvalue weighted by molar-refractivity contribution is 0.181. The van der Waals surface area contributed by atoms with Crippen LogP contribution in [0.15, 0.2) is 33.9 Å². The third-order valence-electron chi connectivity index (χ3n) is 4.66. The summed E-state index contributed by atoms with van der Waals surface area (Å²) >= 11 is 1.27. The molecule has 26 heavy (non-hydrogen) atoms. The summed E-state index contributed by atoms with van der Waals surface area (Å²) in [5, 5.41) is 1.79. The summed E-state index contributed by atoms with van der Waals surface area (Å²) in [7, 11) is -0.0949. The second-order valence-electron chi connectivity index (χ2n) is 6.25. The molecule has 0 amide bonds. The van der Waals surface area contributed by atoms with Crippen LogP contribution in [0.25, 0.3) is 0 Å². The zero-order valence-corrected chi connectivity index (χ0v) is 16.9. The van der Waals surface area contributed by atoms with E-state index in [9.17, 15) is 8.42 Å². The van der Waals surface area contributed by atoms with Gasteiger partial charge in [-0.05, 0) is 41.6 Å². The van der Waals surface area contributed by atoms with Crippen LogP contribution in [0.4, 0.5) is 0 Å². The fourth-order valence-corrected chi connectivity index (χ4v) is 5.67. The molecule has 3 rings (SSSR count). The van der Waals surface area contributed by atoms with Crippen LogP contribution in [0.3, 0.4) is 0 Å². The summed E-state index contributed by atoms with van der Waals surface area (Å²) in [5.74, 6) is 1.44. The Morgan fingerprint density at radius 3 is 2.31 bits per heavy atom. The van der Waals surface area contributed by atoms with Crippen LogP contribution in [0.1, 0.15) is 11.1 Å². The number of rotatable bonds is 6. The molecule has 0 radical (unpaired) electrons. The molecule has 1 saturated heterocycles. The molecule has 1 fully saturated rings. The SMILES string of the molecule is COc1cc(C)c(CN2CCN(S(=O)(=O)c3cccs3)CC2)cc1OC. The van der Waals surface area contributed by atoms with Gasteiger partial charge in [-0.3, -0.25) is 4.90 Å². The lowest BCUT2D eigenvalue weighted by atomic mass is 10.1. The predicted octanol–water partition coefficient (Wildman–Crippen LogP) is 2.58. The molecule has 0 atom stereocenters. The average Bonchev–Trinajstić information content (AvgIpc) is 3.19. The molecule has 0 bridgehead atoms. The normalized spacial score (nSPS) is 16.6. The first-order chi connectivity index (χ1) is 12.5. The maximum atomic E-state index is 12.6. The predicted molar refractivity (Wildman–Crippen MR) is 103 cm³/mol. The molecule has 0 saturated carbocycles. The number of piperazine rings is 1. The van der Waals surface area contributed by atoms with Gasteiger partial charge >= 0.3 is 0 Å². The molecule has 1 aromatic carbocycles. The number of hydrogen-bond acceptors (Lipinski definition) is 6. The third-order valence-corrected chi connectivity index (χ3v) is 7.93. The molecular weight excluding hydrogens is 372 g/mol. The molecule has 0 aliphatic carbocycles. The van der Waals surface area contributed by atoms with E-state index in [2.05, 4.69) is 11.8 Å². The molecule has 142 valence electrons. The smallest absolute Gasteiger partial charge is 0.252 e. The van der Waals surface area contributed by atoms with Crippen molar-refractivity contribution < 1.29 is 17.9 Å². The Balaban J connectivity index is 1.66. The zero-order chi connectivity index (χ0) is 18.7. The minimum atomic E-state index is -3.35. The zero-order valence-electron chi connectivity index (χ0n) is 15.3. The Bertz CT molecular complexity index is 842. The third kappa shape index (κ3) is 3.88. The quantitative estimate of drug-likeness (QED) is 0.751. The monoisotopic (exact) mass is 396 g/mol. The Morgan fingerprint density at radius 1 is 1.08 bits per heavy atom. The maximum Gasteiger partial charge on any atom is 0.252 e. The molecule has 1 aromatic heterocycles. The highest BCUT2D eigenvalue weighted by molar-refractivity contribution is 7.91. The lowest BCUT2D eigenvalue weighted by Crippen LogP contribution is -2.48. The highest BCUT2D eigenvalue weighted by Gasteiger charge is 2.29. The van der Waals surface area contributed by atoms with E-state index in [0.29, 0.717) is 36.1 Å². The highest BCUT2D eigenvalue weighted by atomic mass is 32.2. The fourth-order valence-electron chi connectivity index (χ4n) is 3.10. The highest BCUT2D eigenvalue weighted by Crippen LogP contribution is 2.31. The van der Waals surface area contributed by atoms with Crippen molar-refractivity contribution in [3.8, 4) is 11.5 Å². The number of benzene rings is 1. The van der Waals surface area contributed by atoms with Crippen LogP contribution in [0.5, 0.6) is 11.5 Å².